The molecule has 0 aliphatic heterocycles. The summed E-state index contributed by atoms with van der Waals surface area (Å²) in [6.07, 6.45) is 0.274. The van der Waals surface area contributed by atoms with E-state index in [-0.39, 0.29) is 13.0 Å². The Bertz CT molecular complexity index is 421. The van der Waals surface area contributed by atoms with E-state index in [1.165, 1.54) is 7.11 Å². The summed E-state index contributed by atoms with van der Waals surface area (Å²) in [5.74, 6) is -2.68. The molecule has 1 aromatic carbocycles. The van der Waals surface area contributed by atoms with Gasteiger partial charge in [0, 0.05) is 6.54 Å². The highest BCUT2D eigenvalue weighted by molar-refractivity contribution is 5.72. The number of esters is 1. The third kappa shape index (κ3) is 3.23. The largest absolute Gasteiger partial charge is 0.469 e. The fourth-order valence-corrected chi connectivity index (χ4v) is 1.62. The Morgan fingerprint density at radius 2 is 1.88 bits per heavy atom. The summed E-state index contributed by atoms with van der Waals surface area (Å²) < 4.78 is 30.7. The molecule has 1 aromatic rings. The zero-order valence-electron chi connectivity index (χ0n) is 9.80. The summed E-state index contributed by atoms with van der Waals surface area (Å²) in [4.78, 5) is 11.2. The molecule has 17 heavy (non-hydrogen) atoms. The summed E-state index contributed by atoms with van der Waals surface area (Å²) in [6.45, 7) is 1.76. The van der Waals surface area contributed by atoms with Crippen LogP contribution in [-0.4, -0.2) is 13.1 Å². The highest BCUT2D eigenvalue weighted by atomic mass is 19.2. The zero-order chi connectivity index (χ0) is 13.0. The molecule has 0 radical (unpaired) electrons. The minimum atomic E-state index is -0.936. The van der Waals surface area contributed by atoms with E-state index >= 15 is 0 Å². The number of hydrogen-bond acceptors (Lipinski definition) is 3. The summed E-state index contributed by atoms with van der Waals surface area (Å²) >= 11 is 0. The Morgan fingerprint density at radius 3 is 2.35 bits per heavy atom. The minimum absolute atomic E-state index is 0.0976. The van der Waals surface area contributed by atoms with Crippen molar-refractivity contribution in [2.45, 2.75) is 19.9 Å². The average Bonchev–Trinajstić information content (AvgIpc) is 2.32. The SMILES string of the molecule is COC(=O)C(C)Cc1cc(F)c(F)cc1CN. The smallest absolute Gasteiger partial charge is 0.308 e. The maximum Gasteiger partial charge on any atom is 0.308 e. The molecule has 0 heterocycles. The molecule has 0 fully saturated rings. The van der Waals surface area contributed by atoms with Crippen molar-refractivity contribution in [1.82, 2.24) is 0 Å². The molecule has 2 N–H and O–H groups in total. The topological polar surface area (TPSA) is 52.3 Å². The number of halogens is 2. The fraction of sp³-hybridized carbons (Fsp3) is 0.417. The van der Waals surface area contributed by atoms with Crippen LogP contribution >= 0.6 is 0 Å². The number of nitrogens with two attached hydrogens (primary N) is 1. The van der Waals surface area contributed by atoms with Gasteiger partial charge in [0.25, 0.3) is 0 Å². The van der Waals surface area contributed by atoms with Gasteiger partial charge in [0.2, 0.25) is 0 Å². The van der Waals surface area contributed by atoms with E-state index in [1.54, 1.807) is 6.92 Å². The van der Waals surface area contributed by atoms with Gasteiger partial charge >= 0.3 is 5.97 Å². The lowest BCUT2D eigenvalue weighted by molar-refractivity contribution is -0.144. The Morgan fingerprint density at radius 1 is 1.35 bits per heavy atom. The van der Waals surface area contributed by atoms with Gasteiger partial charge < -0.3 is 10.5 Å². The van der Waals surface area contributed by atoms with E-state index in [0.717, 1.165) is 12.1 Å². The molecule has 0 spiro atoms. The van der Waals surface area contributed by atoms with Crippen molar-refractivity contribution in [3.63, 3.8) is 0 Å². The van der Waals surface area contributed by atoms with Crippen LogP contribution in [0.25, 0.3) is 0 Å². The van der Waals surface area contributed by atoms with Gasteiger partial charge in [-0.25, -0.2) is 8.78 Å². The van der Waals surface area contributed by atoms with Gasteiger partial charge in [-0.05, 0) is 29.7 Å². The van der Waals surface area contributed by atoms with Crippen molar-refractivity contribution in [3.8, 4) is 0 Å². The number of hydrogen-bond donors (Lipinski definition) is 1. The van der Waals surface area contributed by atoms with E-state index in [9.17, 15) is 13.6 Å². The van der Waals surface area contributed by atoms with Crippen molar-refractivity contribution < 1.29 is 18.3 Å². The second kappa shape index (κ2) is 5.72. The molecule has 0 saturated heterocycles. The average molecular weight is 243 g/mol. The fourth-order valence-electron chi connectivity index (χ4n) is 1.62. The summed E-state index contributed by atoms with van der Waals surface area (Å²) in [5, 5.41) is 0. The maximum absolute atomic E-state index is 13.1. The van der Waals surface area contributed by atoms with Crippen LogP contribution in [0.5, 0.6) is 0 Å². The number of carbonyl (C=O) groups is 1. The molecule has 0 bridgehead atoms. The van der Waals surface area contributed by atoms with Crippen molar-refractivity contribution in [1.29, 1.82) is 0 Å². The third-order valence-corrected chi connectivity index (χ3v) is 2.59. The van der Waals surface area contributed by atoms with E-state index in [0.29, 0.717) is 11.1 Å². The van der Waals surface area contributed by atoms with E-state index in [4.69, 9.17) is 5.73 Å². The van der Waals surface area contributed by atoms with Crippen LogP contribution in [0.3, 0.4) is 0 Å². The molecule has 1 unspecified atom stereocenters. The second-order valence-corrected chi connectivity index (χ2v) is 3.87. The molecule has 5 heteroatoms. The number of ether oxygens (including phenoxy) is 1. The molecule has 0 aromatic heterocycles. The molecule has 0 aliphatic carbocycles. The van der Waals surface area contributed by atoms with E-state index in [2.05, 4.69) is 4.74 Å². The zero-order valence-corrected chi connectivity index (χ0v) is 9.80. The standard InChI is InChI=1S/C12H15F2NO2/c1-7(12(16)17-2)3-8-4-10(13)11(14)5-9(8)6-15/h4-5,7H,3,6,15H2,1-2H3. The van der Waals surface area contributed by atoms with Crippen LogP contribution in [0, 0.1) is 17.6 Å². The van der Waals surface area contributed by atoms with Crippen LogP contribution in [0.1, 0.15) is 18.1 Å². The van der Waals surface area contributed by atoms with Crippen LogP contribution in [0.4, 0.5) is 8.78 Å². The lowest BCUT2D eigenvalue weighted by atomic mass is 9.96. The van der Waals surface area contributed by atoms with Crippen molar-refractivity contribution in [2.24, 2.45) is 11.7 Å². The Balaban J connectivity index is 2.97. The second-order valence-electron chi connectivity index (χ2n) is 3.87. The van der Waals surface area contributed by atoms with Gasteiger partial charge in [0.15, 0.2) is 11.6 Å². The lowest BCUT2D eigenvalue weighted by Crippen LogP contribution is -2.17. The third-order valence-electron chi connectivity index (χ3n) is 2.59. The van der Waals surface area contributed by atoms with Gasteiger partial charge in [-0.3, -0.25) is 4.79 Å². The molecular formula is C12H15F2NO2. The van der Waals surface area contributed by atoms with Gasteiger partial charge in [-0.15, -0.1) is 0 Å². The Hall–Kier alpha value is -1.49. The number of methoxy groups -OCH3 is 1. The normalized spacial score (nSPS) is 12.3. The highest BCUT2D eigenvalue weighted by Crippen LogP contribution is 2.18. The molecule has 3 nitrogen and oxygen atoms in total. The lowest BCUT2D eigenvalue weighted by Gasteiger charge is -2.12. The quantitative estimate of drug-likeness (QED) is 0.820. The van der Waals surface area contributed by atoms with E-state index in [1.807, 2.05) is 0 Å². The Kier molecular flexibility index (Phi) is 4.57. The number of benzene rings is 1. The molecule has 1 atom stereocenters. The van der Waals surface area contributed by atoms with Crippen LogP contribution < -0.4 is 5.73 Å². The molecule has 1 rings (SSSR count). The monoisotopic (exact) mass is 243 g/mol. The van der Waals surface area contributed by atoms with Crippen molar-refractivity contribution in [2.75, 3.05) is 7.11 Å². The number of carbonyl (C=O) groups excluding carboxylic acids is 1. The predicted molar refractivity (Wildman–Crippen MR) is 59.1 cm³/mol. The predicted octanol–water partition coefficient (Wildman–Crippen LogP) is 1.78. The molecule has 0 amide bonds. The van der Waals surface area contributed by atoms with Gasteiger partial charge in [-0.2, -0.15) is 0 Å². The first-order chi connectivity index (χ1) is 7.99. The van der Waals surface area contributed by atoms with Crippen LogP contribution in [-0.2, 0) is 22.5 Å². The van der Waals surface area contributed by atoms with Gasteiger partial charge in [0.1, 0.15) is 0 Å². The van der Waals surface area contributed by atoms with Crippen molar-refractivity contribution in [3.05, 3.63) is 34.9 Å². The molecular weight excluding hydrogens is 228 g/mol. The Labute approximate surface area is 98.6 Å². The van der Waals surface area contributed by atoms with Gasteiger partial charge in [0.05, 0.1) is 13.0 Å². The number of rotatable bonds is 4. The van der Waals surface area contributed by atoms with Crippen LogP contribution in [0.2, 0.25) is 0 Å². The highest BCUT2D eigenvalue weighted by Gasteiger charge is 2.17. The van der Waals surface area contributed by atoms with Crippen LogP contribution in [0.15, 0.2) is 12.1 Å². The first-order valence-corrected chi connectivity index (χ1v) is 5.24. The molecule has 0 saturated carbocycles. The maximum atomic E-state index is 13.1. The molecule has 0 aliphatic rings. The molecule has 94 valence electrons. The first kappa shape index (κ1) is 13.6. The van der Waals surface area contributed by atoms with E-state index < -0.39 is 23.5 Å². The minimum Gasteiger partial charge on any atom is -0.469 e. The van der Waals surface area contributed by atoms with Crippen molar-refractivity contribution >= 4 is 5.97 Å². The summed E-state index contributed by atoms with van der Waals surface area (Å²) in [5.41, 5.74) is 6.48. The summed E-state index contributed by atoms with van der Waals surface area (Å²) in [7, 11) is 1.29. The summed E-state index contributed by atoms with van der Waals surface area (Å²) in [6, 6.07) is 2.14. The first-order valence-electron chi connectivity index (χ1n) is 5.24. The van der Waals surface area contributed by atoms with Gasteiger partial charge in [-0.1, -0.05) is 6.92 Å².